The molecule has 0 spiro atoms. The summed E-state index contributed by atoms with van der Waals surface area (Å²) in [5.74, 6) is 0.803. The van der Waals surface area contributed by atoms with E-state index < -0.39 is 5.60 Å². The molecule has 2 heterocycles. The molecule has 128 valence electrons. The minimum atomic E-state index is -0.513. The highest BCUT2D eigenvalue weighted by molar-refractivity contribution is 5.68. The van der Waals surface area contributed by atoms with Gasteiger partial charge in [-0.05, 0) is 27.2 Å². The maximum absolute atomic E-state index is 12.1. The lowest BCUT2D eigenvalue weighted by molar-refractivity contribution is 0.0238. The van der Waals surface area contributed by atoms with Crippen molar-refractivity contribution in [3.05, 3.63) is 11.8 Å². The number of aromatic nitrogens is 2. The predicted molar refractivity (Wildman–Crippen MR) is 87.0 cm³/mol. The molecule has 3 N–H and O–H groups in total. The van der Waals surface area contributed by atoms with E-state index in [4.69, 9.17) is 10.5 Å². The van der Waals surface area contributed by atoms with Crippen molar-refractivity contribution >= 4 is 17.9 Å². The molecule has 0 bridgehead atoms. The standard InChI is InChI=1S/C15H25N5O3/c1-15(2,3)23-14(22)19(4)11-5-6-20(8-11)12-7-10(9-21)17-13(16)18-12/h7,11,21H,5-6,8-9H2,1-4H3,(H2,16,17,18)/t11-/m1/s1. The molecule has 1 saturated heterocycles. The van der Waals surface area contributed by atoms with Crippen molar-refractivity contribution in [2.45, 2.75) is 45.4 Å². The summed E-state index contributed by atoms with van der Waals surface area (Å²) < 4.78 is 5.40. The lowest BCUT2D eigenvalue weighted by Gasteiger charge is -2.28. The molecule has 0 radical (unpaired) electrons. The Hall–Kier alpha value is -2.09. The second-order valence-electron chi connectivity index (χ2n) is 6.71. The summed E-state index contributed by atoms with van der Waals surface area (Å²) in [7, 11) is 1.75. The smallest absolute Gasteiger partial charge is 0.410 e. The van der Waals surface area contributed by atoms with Gasteiger partial charge in [-0.15, -0.1) is 0 Å². The second kappa shape index (κ2) is 6.57. The maximum Gasteiger partial charge on any atom is 0.410 e. The number of carbonyl (C=O) groups is 1. The molecule has 1 atom stereocenters. The number of hydrogen-bond donors (Lipinski definition) is 2. The fraction of sp³-hybridized carbons (Fsp3) is 0.667. The van der Waals surface area contributed by atoms with Gasteiger partial charge in [-0.25, -0.2) is 9.78 Å². The summed E-state index contributed by atoms with van der Waals surface area (Å²) in [6.07, 6.45) is 0.483. The number of nitrogens with two attached hydrogens (primary N) is 1. The fourth-order valence-corrected chi connectivity index (χ4v) is 2.50. The first kappa shape index (κ1) is 17.3. The molecule has 1 amide bonds. The number of aliphatic hydroxyl groups is 1. The molecule has 1 aromatic rings. The first-order chi connectivity index (χ1) is 10.7. The normalized spacial score (nSPS) is 18.1. The van der Waals surface area contributed by atoms with Gasteiger partial charge in [0.15, 0.2) is 0 Å². The molecule has 0 saturated carbocycles. The molecular formula is C15H25N5O3. The third-order valence-corrected chi connectivity index (χ3v) is 3.66. The lowest BCUT2D eigenvalue weighted by Crippen LogP contribution is -2.42. The number of nitrogen functional groups attached to an aromatic ring is 1. The van der Waals surface area contributed by atoms with Crippen LogP contribution in [0.5, 0.6) is 0 Å². The molecule has 8 heteroatoms. The molecule has 1 aliphatic rings. The van der Waals surface area contributed by atoms with Crippen LogP contribution in [-0.2, 0) is 11.3 Å². The van der Waals surface area contributed by atoms with Crippen LogP contribution < -0.4 is 10.6 Å². The number of carbonyl (C=O) groups excluding carboxylic acids is 1. The SMILES string of the molecule is CN(C(=O)OC(C)(C)C)[C@@H]1CCN(c2cc(CO)nc(N)n2)C1. The number of aliphatic hydroxyl groups excluding tert-OH is 1. The maximum atomic E-state index is 12.1. The van der Waals surface area contributed by atoms with Gasteiger partial charge < -0.3 is 25.4 Å². The van der Waals surface area contributed by atoms with Gasteiger partial charge in [0.1, 0.15) is 11.4 Å². The Morgan fingerprint density at radius 1 is 1.52 bits per heavy atom. The number of anilines is 2. The van der Waals surface area contributed by atoms with Crippen LogP contribution in [0.15, 0.2) is 6.07 Å². The topological polar surface area (TPSA) is 105 Å². The van der Waals surface area contributed by atoms with Crippen molar-refractivity contribution in [2.75, 3.05) is 30.8 Å². The average molecular weight is 323 g/mol. The average Bonchev–Trinajstić information content (AvgIpc) is 2.93. The Labute approximate surface area is 136 Å². The zero-order valence-electron chi connectivity index (χ0n) is 14.1. The van der Waals surface area contributed by atoms with Crippen LogP contribution in [0.2, 0.25) is 0 Å². The summed E-state index contributed by atoms with van der Waals surface area (Å²) in [4.78, 5) is 24.0. The molecule has 1 aromatic heterocycles. The van der Waals surface area contributed by atoms with E-state index in [9.17, 15) is 9.90 Å². The van der Waals surface area contributed by atoms with E-state index in [0.717, 1.165) is 13.0 Å². The van der Waals surface area contributed by atoms with Gasteiger partial charge in [-0.1, -0.05) is 0 Å². The molecule has 2 rings (SSSR count). The summed E-state index contributed by atoms with van der Waals surface area (Å²) >= 11 is 0. The van der Waals surface area contributed by atoms with Gasteiger partial charge in [-0.3, -0.25) is 0 Å². The van der Waals surface area contributed by atoms with Gasteiger partial charge in [0.05, 0.1) is 18.3 Å². The van der Waals surface area contributed by atoms with Crippen molar-refractivity contribution in [3.63, 3.8) is 0 Å². The third-order valence-electron chi connectivity index (χ3n) is 3.66. The lowest BCUT2D eigenvalue weighted by atomic mass is 10.2. The summed E-state index contributed by atoms with van der Waals surface area (Å²) in [5.41, 5.74) is 5.64. The van der Waals surface area contributed by atoms with Crippen molar-refractivity contribution in [3.8, 4) is 0 Å². The van der Waals surface area contributed by atoms with Crippen molar-refractivity contribution in [1.29, 1.82) is 0 Å². The first-order valence-electron chi connectivity index (χ1n) is 7.64. The monoisotopic (exact) mass is 323 g/mol. The zero-order chi connectivity index (χ0) is 17.2. The fourth-order valence-electron chi connectivity index (χ4n) is 2.50. The summed E-state index contributed by atoms with van der Waals surface area (Å²) in [5, 5.41) is 9.22. The van der Waals surface area contributed by atoms with E-state index in [1.807, 2.05) is 25.7 Å². The van der Waals surface area contributed by atoms with Gasteiger partial charge in [-0.2, -0.15) is 4.98 Å². The van der Waals surface area contributed by atoms with Crippen LogP contribution in [0.4, 0.5) is 16.6 Å². The molecule has 8 nitrogen and oxygen atoms in total. The second-order valence-corrected chi connectivity index (χ2v) is 6.71. The van der Waals surface area contributed by atoms with Gasteiger partial charge >= 0.3 is 6.09 Å². The van der Waals surface area contributed by atoms with Gasteiger partial charge in [0.2, 0.25) is 5.95 Å². The molecule has 1 fully saturated rings. The first-order valence-corrected chi connectivity index (χ1v) is 7.64. The number of nitrogens with zero attached hydrogens (tertiary/aromatic N) is 4. The largest absolute Gasteiger partial charge is 0.444 e. The minimum Gasteiger partial charge on any atom is -0.444 e. The number of hydrogen-bond acceptors (Lipinski definition) is 7. The highest BCUT2D eigenvalue weighted by Crippen LogP contribution is 2.23. The van der Waals surface area contributed by atoms with Crippen LogP contribution in [0.25, 0.3) is 0 Å². The van der Waals surface area contributed by atoms with Crippen LogP contribution in [0, 0.1) is 0 Å². The van der Waals surface area contributed by atoms with Gasteiger partial charge in [0, 0.05) is 26.2 Å². The van der Waals surface area contributed by atoms with Crippen molar-refractivity contribution in [1.82, 2.24) is 14.9 Å². The Morgan fingerprint density at radius 3 is 2.83 bits per heavy atom. The van der Waals surface area contributed by atoms with Crippen LogP contribution in [-0.4, -0.2) is 57.8 Å². The minimum absolute atomic E-state index is 0.0404. The molecule has 23 heavy (non-hydrogen) atoms. The van der Waals surface area contributed by atoms with Crippen LogP contribution in [0.1, 0.15) is 32.9 Å². The van der Waals surface area contributed by atoms with E-state index in [1.54, 1.807) is 18.0 Å². The third kappa shape index (κ3) is 4.44. The molecule has 0 aromatic carbocycles. The Bertz CT molecular complexity index is 573. The van der Waals surface area contributed by atoms with E-state index in [2.05, 4.69) is 9.97 Å². The Kier molecular flexibility index (Phi) is 4.93. The number of ether oxygens (including phenoxy) is 1. The van der Waals surface area contributed by atoms with Crippen molar-refractivity contribution < 1.29 is 14.6 Å². The molecule has 1 aliphatic heterocycles. The highest BCUT2D eigenvalue weighted by atomic mass is 16.6. The molecule has 0 aliphatic carbocycles. The number of amides is 1. The predicted octanol–water partition coefficient (Wildman–Crippen LogP) is 0.997. The quantitative estimate of drug-likeness (QED) is 0.854. The summed E-state index contributed by atoms with van der Waals surface area (Å²) in [6, 6.07) is 1.75. The number of likely N-dealkylation sites (N-methyl/N-ethyl adjacent to an activating group) is 1. The molecule has 0 unspecified atom stereocenters. The Balaban J connectivity index is 2.03. The van der Waals surface area contributed by atoms with Gasteiger partial charge in [0.25, 0.3) is 0 Å². The van der Waals surface area contributed by atoms with Crippen molar-refractivity contribution in [2.24, 2.45) is 0 Å². The summed E-state index contributed by atoms with van der Waals surface area (Å²) in [6.45, 7) is 6.74. The van der Waals surface area contributed by atoms with E-state index >= 15 is 0 Å². The van der Waals surface area contributed by atoms with E-state index in [-0.39, 0.29) is 24.7 Å². The zero-order valence-corrected chi connectivity index (χ0v) is 14.1. The van der Waals surface area contributed by atoms with E-state index in [0.29, 0.717) is 18.1 Å². The Morgan fingerprint density at radius 2 is 2.22 bits per heavy atom. The molecular weight excluding hydrogens is 298 g/mol. The van der Waals surface area contributed by atoms with E-state index in [1.165, 1.54) is 0 Å². The van der Waals surface area contributed by atoms with Crippen LogP contribution in [0.3, 0.4) is 0 Å². The highest BCUT2D eigenvalue weighted by Gasteiger charge is 2.31. The van der Waals surface area contributed by atoms with Crippen LogP contribution >= 0.6 is 0 Å². The number of rotatable bonds is 3.